The predicted octanol–water partition coefficient (Wildman–Crippen LogP) is 3.01. The molecule has 2 aliphatic carbocycles. The summed E-state index contributed by atoms with van der Waals surface area (Å²) in [7, 11) is 0. The summed E-state index contributed by atoms with van der Waals surface area (Å²) in [5.74, 6) is 0.465. The largest absolute Gasteiger partial charge is 0.244 e. The molecule has 11 heavy (non-hydrogen) atoms. The fourth-order valence-corrected chi connectivity index (χ4v) is 1.59. The maximum atomic E-state index is 13.2. The molecule has 1 fully saturated rings. The molecule has 0 aromatic heterocycles. The summed E-state index contributed by atoms with van der Waals surface area (Å²) in [6, 6.07) is 0. The van der Waals surface area contributed by atoms with Crippen LogP contribution in [0.3, 0.4) is 0 Å². The molecule has 0 N–H and O–H groups in total. The third kappa shape index (κ3) is 1.70. The highest BCUT2D eigenvalue weighted by Gasteiger charge is 2.43. The monoisotopic (exact) mass is 152 g/mol. The first-order valence-corrected chi connectivity index (χ1v) is 4.31. The van der Waals surface area contributed by atoms with Crippen LogP contribution in [0, 0.1) is 5.92 Å². The average Bonchev–Trinajstić information content (AvgIpc) is 2.70. The van der Waals surface area contributed by atoms with Crippen LogP contribution in [0.15, 0.2) is 24.3 Å². The third-order valence-electron chi connectivity index (χ3n) is 2.49. The van der Waals surface area contributed by atoms with Gasteiger partial charge < -0.3 is 0 Å². The van der Waals surface area contributed by atoms with Crippen molar-refractivity contribution in [2.24, 2.45) is 5.92 Å². The second kappa shape index (κ2) is 2.47. The van der Waals surface area contributed by atoms with E-state index in [2.05, 4.69) is 12.2 Å². The summed E-state index contributed by atoms with van der Waals surface area (Å²) in [5.41, 5.74) is -0.778. The van der Waals surface area contributed by atoms with Crippen LogP contribution in [0.2, 0.25) is 0 Å². The SMILES string of the molecule is FC1(CC2C=CC=CC2)CC1. The van der Waals surface area contributed by atoms with Crippen LogP contribution in [0.5, 0.6) is 0 Å². The Morgan fingerprint density at radius 2 is 2.18 bits per heavy atom. The van der Waals surface area contributed by atoms with Crippen LogP contribution in [-0.4, -0.2) is 5.67 Å². The number of rotatable bonds is 2. The summed E-state index contributed by atoms with van der Waals surface area (Å²) in [6.07, 6.45) is 11.7. The molecule has 2 aliphatic rings. The molecule has 0 nitrogen and oxygen atoms in total. The molecule has 1 saturated carbocycles. The first kappa shape index (κ1) is 7.08. The van der Waals surface area contributed by atoms with Gasteiger partial charge in [0.15, 0.2) is 0 Å². The van der Waals surface area contributed by atoms with E-state index in [-0.39, 0.29) is 0 Å². The lowest BCUT2D eigenvalue weighted by Gasteiger charge is -2.14. The van der Waals surface area contributed by atoms with Gasteiger partial charge in [0.2, 0.25) is 0 Å². The maximum Gasteiger partial charge on any atom is 0.111 e. The summed E-state index contributed by atoms with van der Waals surface area (Å²) in [4.78, 5) is 0. The van der Waals surface area contributed by atoms with Crippen molar-refractivity contribution in [3.05, 3.63) is 24.3 Å². The fraction of sp³-hybridized carbons (Fsp3) is 0.600. The summed E-state index contributed by atoms with van der Waals surface area (Å²) in [6.45, 7) is 0. The zero-order valence-corrected chi connectivity index (χ0v) is 6.59. The number of hydrogen-bond acceptors (Lipinski definition) is 0. The van der Waals surface area contributed by atoms with E-state index in [1.807, 2.05) is 12.2 Å². The van der Waals surface area contributed by atoms with Gasteiger partial charge in [-0.05, 0) is 31.6 Å². The van der Waals surface area contributed by atoms with E-state index in [1.165, 1.54) is 0 Å². The summed E-state index contributed by atoms with van der Waals surface area (Å²) < 4.78 is 13.2. The van der Waals surface area contributed by atoms with Gasteiger partial charge in [-0.25, -0.2) is 4.39 Å². The van der Waals surface area contributed by atoms with Crippen molar-refractivity contribution >= 4 is 0 Å². The average molecular weight is 152 g/mol. The molecule has 1 heteroatoms. The van der Waals surface area contributed by atoms with Gasteiger partial charge in [-0.2, -0.15) is 0 Å². The van der Waals surface area contributed by atoms with E-state index in [4.69, 9.17) is 0 Å². The lowest BCUT2D eigenvalue weighted by Crippen LogP contribution is -2.08. The highest BCUT2D eigenvalue weighted by molar-refractivity contribution is 5.12. The molecule has 1 atom stereocenters. The molecule has 0 bridgehead atoms. The predicted molar refractivity (Wildman–Crippen MR) is 44.1 cm³/mol. The number of alkyl halides is 1. The van der Waals surface area contributed by atoms with Crippen molar-refractivity contribution in [2.75, 3.05) is 0 Å². The second-order valence-corrected chi connectivity index (χ2v) is 3.66. The second-order valence-electron chi connectivity index (χ2n) is 3.66. The Morgan fingerprint density at radius 3 is 2.73 bits per heavy atom. The molecule has 0 heterocycles. The number of allylic oxidation sites excluding steroid dienone is 4. The first-order valence-electron chi connectivity index (χ1n) is 4.31. The molecule has 0 radical (unpaired) electrons. The van der Waals surface area contributed by atoms with Crippen LogP contribution < -0.4 is 0 Å². The van der Waals surface area contributed by atoms with Gasteiger partial charge in [0.05, 0.1) is 0 Å². The number of hydrogen-bond donors (Lipinski definition) is 0. The number of halogens is 1. The Morgan fingerprint density at radius 1 is 1.36 bits per heavy atom. The van der Waals surface area contributed by atoms with Crippen molar-refractivity contribution in [1.29, 1.82) is 0 Å². The smallest absolute Gasteiger partial charge is 0.111 e. The van der Waals surface area contributed by atoms with Crippen molar-refractivity contribution in [3.63, 3.8) is 0 Å². The van der Waals surface area contributed by atoms with Crippen LogP contribution in [0.25, 0.3) is 0 Å². The minimum atomic E-state index is -0.778. The summed E-state index contributed by atoms with van der Waals surface area (Å²) in [5, 5.41) is 0. The Bertz CT molecular complexity index is 199. The topological polar surface area (TPSA) is 0 Å². The molecular weight excluding hydrogens is 139 g/mol. The maximum absolute atomic E-state index is 13.2. The highest BCUT2D eigenvalue weighted by Crippen LogP contribution is 2.46. The Kier molecular flexibility index (Phi) is 1.59. The van der Waals surface area contributed by atoms with Crippen molar-refractivity contribution in [3.8, 4) is 0 Å². The molecule has 2 rings (SSSR count). The van der Waals surface area contributed by atoms with Crippen molar-refractivity contribution in [1.82, 2.24) is 0 Å². The zero-order chi connectivity index (χ0) is 7.73. The van der Waals surface area contributed by atoms with Gasteiger partial charge in [0, 0.05) is 0 Å². The van der Waals surface area contributed by atoms with E-state index in [1.54, 1.807) is 0 Å². The van der Waals surface area contributed by atoms with Crippen LogP contribution in [0.1, 0.15) is 25.7 Å². The van der Waals surface area contributed by atoms with Gasteiger partial charge in [0.25, 0.3) is 0 Å². The molecule has 1 unspecified atom stereocenters. The van der Waals surface area contributed by atoms with Gasteiger partial charge in [-0.1, -0.05) is 24.3 Å². The molecule has 0 saturated heterocycles. The molecular formula is C10H13F. The third-order valence-corrected chi connectivity index (χ3v) is 2.49. The van der Waals surface area contributed by atoms with Gasteiger partial charge in [-0.3, -0.25) is 0 Å². The highest BCUT2D eigenvalue weighted by atomic mass is 19.1. The lowest BCUT2D eigenvalue weighted by molar-refractivity contribution is 0.262. The van der Waals surface area contributed by atoms with E-state index in [9.17, 15) is 4.39 Å². The standard InChI is InChI=1S/C10H13F/c11-10(6-7-10)8-9-4-2-1-3-5-9/h1-4,9H,5-8H2. The lowest BCUT2D eigenvalue weighted by atomic mass is 9.94. The normalized spacial score (nSPS) is 32.3. The molecule has 0 spiro atoms. The summed E-state index contributed by atoms with van der Waals surface area (Å²) >= 11 is 0. The molecule has 0 aromatic carbocycles. The van der Waals surface area contributed by atoms with Gasteiger partial charge in [0.1, 0.15) is 5.67 Å². The zero-order valence-electron chi connectivity index (χ0n) is 6.59. The Labute approximate surface area is 66.8 Å². The molecule has 60 valence electrons. The molecule has 0 aromatic rings. The Hall–Kier alpha value is -0.590. The minimum Gasteiger partial charge on any atom is -0.244 e. The van der Waals surface area contributed by atoms with Crippen molar-refractivity contribution < 1.29 is 4.39 Å². The van der Waals surface area contributed by atoms with Crippen LogP contribution in [-0.2, 0) is 0 Å². The van der Waals surface area contributed by atoms with E-state index >= 15 is 0 Å². The quantitative estimate of drug-likeness (QED) is 0.570. The van der Waals surface area contributed by atoms with Gasteiger partial charge in [-0.15, -0.1) is 0 Å². The Balaban J connectivity index is 1.87. The van der Waals surface area contributed by atoms with Crippen molar-refractivity contribution in [2.45, 2.75) is 31.4 Å². The molecule has 0 aliphatic heterocycles. The van der Waals surface area contributed by atoms with E-state index < -0.39 is 5.67 Å². The fourth-order valence-electron chi connectivity index (χ4n) is 1.59. The van der Waals surface area contributed by atoms with E-state index in [0.29, 0.717) is 5.92 Å². The van der Waals surface area contributed by atoms with Gasteiger partial charge >= 0.3 is 0 Å². The van der Waals surface area contributed by atoms with E-state index in [0.717, 1.165) is 25.7 Å². The van der Waals surface area contributed by atoms with Crippen LogP contribution >= 0.6 is 0 Å². The first-order chi connectivity index (χ1) is 5.29. The minimum absolute atomic E-state index is 0.465. The molecule has 0 amide bonds. The van der Waals surface area contributed by atoms with Crippen LogP contribution in [0.4, 0.5) is 4.39 Å².